The van der Waals surface area contributed by atoms with Crippen LogP contribution in [0.15, 0.2) is 48.7 Å². The third-order valence-electron chi connectivity index (χ3n) is 3.89. The van der Waals surface area contributed by atoms with Crippen molar-refractivity contribution in [1.82, 2.24) is 4.57 Å². The molecule has 1 aliphatic rings. The van der Waals surface area contributed by atoms with Gasteiger partial charge in [-0.15, -0.1) is 13.2 Å². The quantitative estimate of drug-likeness (QED) is 0.909. The summed E-state index contributed by atoms with van der Waals surface area (Å²) in [6.45, 7) is 1.65. The van der Waals surface area contributed by atoms with E-state index in [4.69, 9.17) is 5.11 Å². The predicted molar refractivity (Wildman–Crippen MR) is 82.4 cm³/mol. The van der Waals surface area contributed by atoms with Gasteiger partial charge >= 0.3 is 12.3 Å². The maximum atomic E-state index is 12.4. The summed E-state index contributed by atoms with van der Waals surface area (Å²) in [4.78, 5) is 11.0. The SMILES string of the molecule is CC1C=C(n2ccc3cc(C(=O)O)ccc32)C=CC1OC(F)(F)F. The fourth-order valence-corrected chi connectivity index (χ4v) is 2.75. The first-order valence-corrected chi connectivity index (χ1v) is 7.24. The molecular weight excluding hydrogens is 323 g/mol. The minimum Gasteiger partial charge on any atom is -0.478 e. The highest BCUT2D eigenvalue weighted by Crippen LogP contribution is 2.30. The molecule has 0 spiro atoms. The van der Waals surface area contributed by atoms with Crippen LogP contribution in [0.3, 0.4) is 0 Å². The number of fused-ring (bicyclic) bond motifs is 1. The first-order valence-electron chi connectivity index (χ1n) is 7.24. The molecule has 1 heterocycles. The largest absolute Gasteiger partial charge is 0.523 e. The number of aromatic carboxylic acids is 1. The standard InChI is InChI=1S/C17H14F3NO3/c1-10-8-13(3-5-15(10)24-17(18,19)20)21-7-6-11-9-12(16(22)23)2-4-14(11)21/h2-10,15H,1H3,(H,22,23). The number of benzene rings is 1. The molecule has 7 heteroatoms. The van der Waals surface area contributed by atoms with E-state index < -0.39 is 24.4 Å². The summed E-state index contributed by atoms with van der Waals surface area (Å²) in [7, 11) is 0. The lowest BCUT2D eigenvalue weighted by Gasteiger charge is -2.24. The van der Waals surface area contributed by atoms with Crippen LogP contribution in [0.4, 0.5) is 13.2 Å². The van der Waals surface area contributed by atoms with E-state index in [1.165, 1.54) is 12.1 Å². The molecule has 1 aliphatic carbocycles. The van der Waals surface area contributed by atoms with Crippen molar-refractivity contribution >= 4 is 22.6 Å². The molecule has 24 heavy (non-hydrogen) atoms. The number of ether oxygens (including phenoxy) is 1. The van der Waals surface area contributed by atoms with Crippen LogP contribution in [-0.4, -0.2) is 28.1 Å². The summed E-state index contributed by atoms with van der Waals surface area (Å²) in [5, 5.41) is 9.76. The zero-order chi connectivity index (χ0) is 17.5. The molecule has 0 aliphatic heterocycles. The number of carbonyl (C=O) groups is 1. The lowest BCUT2D eigenvalue weighted by Crippen LogP contribution is -2.28. The fraction of sp³-hybridized carbons (Fsp3) is 0.235. The van der Waals surface area contributed by atoms with Gasteiger partial charge < -0.3 is 9.67 Å². The van der Waals surface area contributed by atoms with Gasteiger partial charge in [0.15, 0.2) is 0 Å². The second-order valence-corrected chi connectivity index (χ2v) is 5.60. The molecule has 126 valence electrons. The van der Waals surface area contributed by atoms with Gasteiger partial charge in [-0.1, -0.05) is 19.1 Å². The van der Waals surface area contributed by atoms with E-state index in [2.05, 4.69) is 4.74 Å². The number of aromatic nitrogens is 1. The molecule has 0 saturated heterocycles. The van der Waals surface area contributed by atoms with Crippen LogP contribution in [0, 0.1) is 5.92 Å². The molecular formula is C17H14F3NO3. The van der Waals surface area contributed by atoms with E-state index in [1.807, 2.05) is 0 Å². The molecule has 1 aromatic heterocycles. The van der Waals surface area contributed by atoms with Gasteiger partial charge in [-0.2, -0.15) is 0 Å². The molecule has 2 unspecified atom stereocenters. The smallest absolute Gasteiger partial charge is 0.478 e. The highest BCUT2D eigenvalue weighted by Gasteiger charge is 2.35. The van der Waals surface area contributed by atoms with Crippen molar-refractivity contribution in [2.24, 2.45) is 5.92 Å². The van der Waals surface area contributed by atoms with Crippen molar-refractivity contribution < 1.29 is 27.8 Å². The highest BCUT2D eigenvalue weighted by atomic mass is 19.4. The van der Waals surface area contributed by atoms with Crippen molar-refractivity contribution in [3.8, 4) is 0 Å². The summed E-state index contributed by atoms with van der Waals surface area (Å²) in [5.41, 5.74) is 1.67. The number of halogens is 3. The number of rotatable bonds is 3. The van der Waals surface area contributed by atoms with Gasteiger partial charge in [0.2, 0.25) is 0 Å². The van der Waals surface area contributed by atoms with Gasteiger partial charge in [0.05, 0.1) is 17.2 Å². The van der Waals surface area contributed by atoms with Crippen LogP contribution in [0.2, 0.25) is 0 Å². The molecule has 0 saturated carbocycles. The summed E-state index contributed by atoms with van der Waals surface area (Å²) in [5.74, 6) is -1.47. The highest BCUT2D eigenvalue weighted by molar-refractivity contribution is 5.94. The molecule has 0 radical (unpaired) electrons. The summed E-state index contributed by atoms with van der Waals surface area (Å²) in [6.07, 6.45) is 0.660. The van der Waals surface area contributed by atoms with Crippen molar-refractivity contribution in [1.29, 1.82) is 0 Å². The molecule has 2 atom stereocenters. The van der Waals surface area contributed by atoms with Crippen molar-refractivity contribution in [3.05, 3.63) is 54.3 Å². The second kappa shape index (κ2) is 5.83. The van der Waals surface area contributed by atoms with Crippen molar-refractivity contribution in [3.63, 3.8) is 0 Å². The van der Waals surface area contributed by atoms with E-state index in [0.717, 1.165) is 10.9 Å². The average Bonchev–Trinajstić information content (AvgIpc) is 2.91. The topological polar surface area (TPSA) is 51.5 Å². The molecule has 0 bridgehead atoms. The van der Waals surface area contributed by atoms with Gasteiger partial charge in [-0.05, 0) is 30.3 Å². The van der Waals surface area contributed by atoms with Gasteiger partial charge in [-0.25, -0.2) is 4.79 Å². The minimum absolute atomic E-state index is 0.181. The lowest BCUT2D eigenvalue weighted by molar-refractivity contribution is -0.339. The van der Waals surface area contributed by atoms with E-state index in [-0.39, 0.29) is 5.56 Å². The first-order chi connectivity index (χ1) is 11.2. The Morgan fingerprint density at radius 2 is 2.04 bits per heavy atom. The van der Waals surface area contributed by atoms with Gasteiger partial charge in [0.1, 0.15) is 0 Å². The molecule has 2 aromatic rings. The van der Waals surface area contributed by atoms with E-state index in [1.54, 1.807) is 48.0 Å². The molecule has 0 fully saturated rings. The van der Waals surface area contributed by atoms with E-state index >= 15 is 0 Å². The lowest BCUT2D eigenvalue weighted by atomic mass is 9.98. The Morgan fingerprint density at radius 1 is 1.29 bits per heavy atom. The average molecular weight is 337 g/mol. The third-order valence-corrected chi connectivity index (χ3v) is 3.89. The van der Waals surface area contributed by atoms with Crippen LogP contribution in [0.5, 0.6) is 0 Å². The number of carboxylic acids is 1. The van der Waals surface area contributed by atoms with Crippen LogP contribution >= 0.6 is 0 Å². The maximum Gasteiger partial charge on any atom is 0.523 e. The Morgan fingerprint density at radius 3 is 2.67 bits per heavy atom. The molecule has 4 nitrogen and oxygen atoms in total. The van der Waals surface area contributed by atoms with Crippen LogP contribution in [0.1, 0.15) is 17.3 Å². The first kappa shape index (κ1) is 16.3. The monoisotopic (exact) mass is 337 g/mol. The molecule has 1 aromatic carbocycles. The number of hydrogen-bond donors (Lipinski definition) is 1. The van der Waals surface area contributed by atoms with Gasteiger partial charge in [-0.3, -0.25) is 4.74 Å². The number of hydrogen-bond acceptors (Lipinski definition) is 2. The Labute approximate surface area is 135 Å². The van der Waals surface area contributed by atoms with Gasteiger partial charge in [0, 0.05) is 23.2 Å². The normalized spacial score (nSPS) is 21.1. The number of alkyl halides is 3. The zero-order valence-corrected chi connectivity index (χ0v) is 12.6. The van der Waals surface area contributed by atoms with Crippen LogP contribution in [0.25, 0.3) is 16.6 Å². The maximum absolute atomic E-state index is 12.4. The summed E-state index contributed by atoms with van der Waals surface area (Å²) < 4.78 is 43.0. The Bertz CT molecular complexity index is 848. The van der Waals surface area contributed by atoms with Crippen LogP contribution in [-0.2, 0) is 4.74 Å². The summed E-state index contributed by atoms with van der Waals surface area (Å²) in [6, 6.07) is 6.49. The summed E-state index contributed by atoms with van der Waals surface area (Å²) >= 11 is 0. The Balaban J connectivity index is 1.91. The third kappa shape index (κ3) is 3.21. The fourth-order valence-electron chi connectivity index (χ4n) is 2.75. The number of allylic oxidation sites excluding steroid dienone is 2. The second-order valence-electron chi connectivity index (χ2n) is 5.60. The molecule has 3 rings (SSSR count). The van der Waals surface area contributed by atoms with E-state index in [9.17, 15) is 18.0 Å². The number of carboxylic acid groups (broad SMARTS) is 1. The van der Waals surface area contributed by atoms with Crippen LogP contribution < -0.4 is 0 Å². The van der Waals surface area contributed by atoms with Gasteiger partial charge in [0.25, 0.3) is 0 Å². The van der Waals surface area contributed by atoms with Crippen molar-refractivity contribution in [2.45, 2.75) is 19.4 Å². The zero-order valence-electron chi connectivity index (χ0n) is 12.6. The van der Waals surface area contributed by atoms with E-state index in [0.29, 0.717) is 5.70 Å². The minimum atomic E-state index is -4.68. The van der Waals surface area contributed by atoms with Crippen molar-refractivity contribution in [2.75, 3.05) is 0 Å². The molecule has 0 amide bonds. The Kier molecular flexibility index (Phi) is 3.96. The predicted octanol–water partition coefficient (Wildman–Crippen LogP) is 4.29. The Hall–Kier alpha value is -2.54. The molecule has 1 N–H and O–H groups in total. The number of nitrogens with zero attached hydrogens (tertiary/aromatic N) is 1.